The number of esters is 1. The minimum absolute atomic E-state index is 0.0966. The third-order valence-corrected chi connectivity index (χ3v) is 5.71. The standard InChI is InChI=1S/C27H54O4/c1-4-7-10-11-12-13-14-15-16-17-18-19-20-21-27(28)31-25-26(30-23-9-6-3)24-29-22-8-5-2/h26H,4-25H2,1-3H3/t26-/m0/s1. The molecule has 0 amide bonds. The molecule has 0 aromatic rings. The van der Waals surface area contributed by atoms with Gasteiger partial charge in [-0.25, -0.2) is 0 Å². The van der Waals surface area contributed by atoms with Crippen LogP contribution in [-0.2, 0) is 19.0 Å². The van der Waals surface area contributed by atoms with Crippen LogP contribution in [0.25, 0.3) is 0 Å². The Morgan fingerprint density at radius 3 is 1.61 bits per heavy atom. The van der Waals surface area contributed by atoms with E-state index in [0.29, 0.717) is 26.2 Å². The maximum Gasteiger partial charge on any atom is 0.305 e. The van der Waals surface area contributed by atoms with Crippen LogP contribution in [0, 0.1) is 0 Å². The van der Waals surface area contributed by atoms with Crippen molar-refractivity contribution in [3.05, 3.63) is 0 Å². The summed E-state index contributed by atoms with van der Waals surface area (Å²) in [6.45, 7) is 8.84. The number of carbonyl (C=O) groups excluding carboxylic acids is 1. The predicted octanol–water partition coefficient (Wildman–Crippen LogP) is 8.01. The van der Waals surface area contributed by atoms with Crippen molar-refractivity contribution in [1.82, 2.24) is 0 Å². The average Bonchev–Trinajstić information content (AvgIpc) is 2.77. The van der Waals surface area contributed by atoms with Crippen molar-refractivity contribution in [3.8, 4) is 0 Å². The highest BCUT2D eigenvalue weighted by molar-refractivity contribution is 5.69. The summed E-state index contributed by atoms with van der Waals surface area (Å²) < 4.78 is 17.0. The molecule has 186 valence electrons. The van der Waals surface area contributed by atoms with Crippen LogP contribution in [-0.4, -0.2) is 38.5 Å². The Bertz CT molecular complexity index is 359. The summed E-state index contributed by atoms with van der Waals surface area (Å²) in [4.78, 5) is 12.0. The Morgan fingerprint density at radius 1 is 0.581 bits per heavy atom. The molecule has 0 spiro atoms. The number of hydrogen-bond donors (Lipinski definition) is 0. The van der Waals surface area contributed by atoms with E-state index < -0.39 is 0 Å². The van der Waals surface area contributed by atoms with Crippen molar-refractivity contribution >= 4 is 5.97 Å². The summed E-state index contributed by atoms with van der Waals surface area (Å²) in [6, 6.07) is 0. The summed E-state index contributed by atoms with van der Waals surface area (Å²) in [7, 11) is 0. The van der Waals surface area contributed by atoms with Gasteiger partial charge in [-0.1, -0.05) is 111 Å². The zero-order valence-corrected chi connectivity index (χ0v) is 21.3. The molecule has 0 heterocycles. The Balaban J connectivity index is 3.59. The Kier molecular flexibility index (Phi) is 25.1. The fourth-order valence-electron chi connectivity index (χ4n) is 3.55. The van der Waals surface area contributed by atoms with Gasteiger partial charge in [0.15, 0.2) is 0 Å². The second-order valence-electron chi connectivity index (χ2n) is 8.95. The van der Waals surface area contributed by atoms with Crippen molar-refractivity contribution in [2.45, 2.75) is 142 Å². The van der Waals surface area contributed by atoms with Crippen molar-refractivity contribution in [2.75, 3.05) is 26.4 Å². The number of rotatable bonds is 25. The van der Waals surface area contributed by atoms with Crippen LogP contribution in [0.3, 0.4) is 0 Å². The lowest BCUT2D eigenvalue weighted by molar-refractivity contribution is -0.150. The molecule has 0 saturated heterocycles. The summed E-state index contributed by atoms with van der Waals surface area (Å²) in [5, 5.41) is 0. The van der Waals surface area contributed by atoms with Gasteiger partial charge in [-0.15, -0.1) is 0 Å². The SMILES string of the molecule is CCCCCCCCCCCCCCCC(=O)OC[C@H](COCCCC)OCCCC. The Hall–Kier alpha value is -0.610. The Labute approximate surface area is 194 Å². The highest BCUT2D eigenvalue weighted by Crippen LogP contribution is 2.13. The molecule has 0 bridgehead atoms. The largest absolute Gasteiger partial charge is 0.463 e. The zero-order valence-electron chi connectivity index (χ0n) is 21.3. The van der Waals surface area contributed by atoms with Gasteiger partial charge in [-0.2, -0.15) is 0 Å². The van der Waals surface area contributed by atoms with E-state index in [1.54, 1.807) is 0 Å². The first-order valence-electron chi connectivity index (χ1n) is 13.6. The minimum atomic E-state index is -0.140. The summed E-state index contributed by atoms with van der Waals surface area (Å²) in [5.74, 6) is -0.0966. The second-order valence-corrected chi connectivity index (χ2v) is 8.95. The smallest absolute Gasteiger partial charge is 0.305 e. The maximum absolute atomic E-state index is 12.0. The van der Waals surface area contributed by atoms with Crippen molar-refractivity contribution in [3.63, 3.8) is 0 Å². The number of ether oxygens (including phenoxy) is 3. The van der Waals surface area contributed by atoms with E-state index in [1.807, 2.05) is 0 Å². The third-order valence-electron chi connectivity index (χ3n) is 5.71. The molecule has 0 aliphatic heterocycles. The quantitative estimate of drug-likeness (QED) is 0.106. The lowest BCUT2D eigenvalue weighted by Crippen LogP contribution is -2.28. The molecule has 4 nitrogen and oxygen atoms in total. The highest BCUT2D eigenvalue weighted by Gasteiger charge is 2.13. The first-order chi connectivity index (χ1) is 15.2. The maximum atomic E-state index is 12.0. The number of unbranched alkanes of at least 4 members (excludes halogenated alkanes) is 14. The normalized spacial score (nSPS) is 12.2. The van der Waals surface area contributed by atoms with E-state index in [0.717, 1.165) is 45.1 Å². The summed E-state index contributed by atoms with van der Waals surface area (Å²) in [5.41, 5.74) is 0. The van der Waals surface area contributed by atoms with E-state index in [1.165, 1.54) is 70.6 Å². The lowest BCUT2D eigenvalue weighted by Gasteiger charge is -2.18. The molecular weight excluding hydrogens is 388 g/mol. The minimum Gasteiger partial charge on any atom is -0.463 e. The molecule has 0 unspecified atom stereocenters. The van der Waals surface area contributed by atoms with Crippen LogP contribution in [0.15, 0.2) is 0 Å². The molecule has 0 radical (unpaired) electrons. The molecule has 4 heteroatoms. The molecular formula is C27H54O4. The van der Waals surface area contributed by atoms with Gasteiger partial charge in [0.1, 0.15) is 12.7 Å². The molecule has 0 saturated carbocycles. The molecule has 0 aliphatic rings. The fourth-order valence-corrected chi connectivity index (χ4v) is 3.55. The first-order valence-corrected chi connectivity index (χ1v) is 13.6. The molecule has 31 heavy (non-hydrogen) atoms. The fraction of sp³-hybridized carbons (Fsp3) is 0.963. The van der Waals surface area contributed by atoms with E-state index in [9.17, 15) is 4.79 Å². The zero-order chi connectivity index (χ0) is 22.8. The van der Waals surface area contributed by atoms with Crippen LogP contribution in [0.4, 0.5) is 0 Å². The van der Waals surface area contributed by atoms with Crippen LogP contribution in [0.1, 0.15) is 136 Å². The number of carbonyl (C=O) groups is 1. The highest BCUT2D eigenvalue weighted by atomic mass is 16.6. The van der Waals surface area contributed by atoms with E-state index >= 15 is 0 Å². The van der Waals surface area contributed by atoms with Crippen LogP contribution in [0.2, 0.25) is 0 Å². The van der Waals surface area contributed by atoms with Gasteiger partial charge in [-0.05, 0) is 19.3 Å². The van der Waals surface area contributed by atoms with Gasteiger partial charge < -0.3 is 14.2 Å². The molecule has 0 aromatic heterocycles. The van der Waals surface area contributed by atoms with Gasteiger partial charge >= 0.3 is 5.97 Å². The van der Waals surface area contributed by atoms with Gasteiger partial charge in [0, 0.05) is 19.6 Å². The van der Waals surface area contributed by atoms with E-state index in [2.05, 4.69) is 20.8 Å². The van der Waals surface area contributed by atoms with Gasteiger partial charge in [0.05, 0.1) is 6.61 Å². The van der Waals surface area contributed by atoms with Crippen molar-refractivity contribution < 1.29 is 19.0 Å². The molecule has 0 rings (SSSR count). The third kappa shape index (κ3) is 23.9. The molecule has 0 aliphatic carbocycles. The monoisotopic (exact) mass is 442 g/mol. The molecule has 1 atom stereocenters. The van der Waals surface area contributed by atoms with E-state index in [-0.39, 0.29) is 12.1 Å². The summed E-state index contributed by atoms with van der Waals surface area (Å²) in [6.07, 6.45) is 21.8. The van der Waals surface area contributed by atoms with Crippen molar-refractivity contribution in [2.24, 2.45) is 0 Å². The number of hydrogen-bond acceptors (Lipinski definition) is 4. The van der Waals surface area contributed by atoms with Crippen LogP contribution >= 0.6 is 0 Å². The van der Waals surface area contributed by atoms with E-state index in [4.69, 9.17) is 14.2 Å². The second kappa shape index (κ2) is 25.6. The molecule has 0 aromatic carbocycles. The van der Waals surface area contributed by atoms with Crippen LogP contribution in [0.5, 0.6) is 0 Å². The van der Waals surface area contributed by atoms with Gasteiger partial charge in [0.2, 0.25) is 0 Å². The Morgan fingerprint density at radius 2 is 1.06 bits per heavy atom. The topological polar surface area (TPSA) is 44.8 Å². The predicted molar refractivity (Wildman–Crippen MR) is 132 cm³/mol. The molecule has 0 fully saturated rings. The first kappa shape index (κ1) is 30.4. The van der Waals surface area contributed by atoms with Gasteiger partial charge in [0.25, 0.3) is 0 Å². The molecule has 0 N–H and O–H groups in total. The lowest BCUT2D eigenvalue weighted by atomic mass is 10.0. The average molecular weight is 443 g/mol. The van der Waals surface area contributed by atoms with Crippen LogP contribution < -0.4 is 0 Å². The van der Waals surface area contributed by atoms with Gasteiger partial charge in [-0.3, -0.25) is 4.79 Å². The summed E-state index contributed by atoms with van der Waals surface area (Å²) >= 11 is 0. The van der Waals surface area contributed by atoms with Crippen molar-refractivity contribution in [1.29, 1.82) is 0 Å².